The Morgan fingerprint density at radius 3 is 3.20 bits per heavy atom. The van der Waals surface area contributed by atoms with Crippen molar-refractivity contribution in [3.8, 4) is 0 Å². The normalized spacial score (nSPS) is 10.1. The molecule has 0 bridgehead atoms. The van der Waals surface area contributed by atoms with Crippen LogP contribution in [0.3, 0.4) is 0 Å². The summed E-state index contributed by atoms with van der Waals surface area (Å²) >= 11 is 1.62. The number of nitrogens with zero attached hydrogens (tertiary/aromatic N) is 1. The van der Waals surface area contributed by atoms with Crippen molar-refractivity contribution < 1.29 is 0 Å². The van der Waals surface area contributed by atoms with E-state index in [2.05, 4.69) is 15.3 Å². The Balaban J connectivity index is 2.12. The van der Waals surface area contributed by atoms with Crippen molar-refractivity contribution >= 4 is 22.8 Å². The number of hydrogen-bond acceptors (Lipinski definition) is 5. The maximum Gasteiger partial charge on any atom is 0.276 e. The smallest absolute Gasteiger partial charge is 0.276 e. The molecule has 0 aliphatic rings. The number of nitrogens with one attached hydrogen (secondary N) is 2. The van der Waals surface area contributed by atoms with E-state index in [1.807, 2.05) is 16.8 Å². The van der Waals surface area contributed by atoms with Crippen molar-refractivity contribution in [1.29, 1.82) is 0 Å². The Labute approximate surface area is 90.0 Å². The number of nitrogens with two attached hydrogens (primary N) is 1. The van der Waals surface area contributed by atoms with Crippen LogP contribution in [0.1, 0.15) is 5.56 Å². The lowest BCUT2D eigenvalue weighted by Crippen LogP contribution is -2.15. The molecule has 2 aromatic rings. The van der Waals surface area contributed by atoms with Gasteiger partial charge < -0.3 is 16.0 Å². The summed E-state index contributed by atoms with van der Waals surface area (Å²) in [7, 11) is 0. The first kappa shape index (κ1) is 9.72. The number of rotatable bonds is 3. The monoisotopic (exact) mass is 222 g/mol. The van der Waals surface area contributed by atoms with Crippen LogP contribution >= 0.6 is 11.3 Å². The van der Waals surface area contributed by atoms with Crippen molar-refractivity contribution in [1.82, 2.24) is 9.97 Å². The highest BCUT2D eigenvalue weighted by molar-refractivity contribution is 7.07. The van der Waals surface area contributed by atoms with Crippen LogP contribution in [0.15, 0.2) is 27.9 Å². The van der Waals surface area contributed by atoms with Gasteiger partial charge in [0.1, 0.15) is 5.69 Å². The van der Waals surface area contributed by atoms with Crippen LogP contribution in [0.2, 0.25) is 0 Å². The van der Waals surface area contributed by atoms with Gasteiger partial charge in [-0.05, 0) is 22.4 Å². The molecule has 0 radical (unpaired) electrons. The van der Waals surface area contributed by atoms with Gasteiger partial charge in [0.15, 0.2) is 5.82 Å². The van der Waals surface area contributed by atoms with Crippen molar-refractivity contribution in [3.05, 3.63) is 39.1 Å². The summed E-state index contributed by atoms with van der Waals surface area (Å²) in [5, 5.41) is 7.02. The van der Waals surface area contributed by atoms with E-state index in [9.17, 15) is 4.79 Å². The van der Waals surface area contributed by atoms with Crippen LogP contribution in [0.4, 0.5) is 11.5 Å². The minimum absolute atomic E-state index is 0.118. The highest BCUT2D eigenvalue weighted by Gasteiger charge is 2.03. The zero-order chi connectivity index (χ0) is 10.7. The first-order chi connectivity index (χ1) is 7.27. The SMILES string of the molecule is Nc1c(NCc2ccsc2)nc[nH]c1=O. The molecule has 0 amide bonds. The van der Waals surface area contributed by atoms with E-state index in [1.54, 1.807) is 11.3 Å². The molecule has 0 fully saturated rings. The zero-order valence-corrected chi connectivity index (χ0v) is 8.67. The van der Waals surface area contributed by atoms with E-state index >= 15 is 0 Å². The number of aromatic amines is 1. The molecule has 0 saturated heterocycles. The highest BCUT2D eigenvalue weighted by atomic mass is 32.1. The Morgan fingerprint density at radius 2 is 2.47 bits per heavy atom. The quantitative estimate of drug-likeness (QED) is 0.724. The summed E-state index contributed by atoms with van der Waals surface area (Å²) < 4.78 is 0. The van der Waals surface area contributed by atoms with Crippen molar-refractivity contribution in [2.45, 2.75) is 6.54 Å². The number of aromatic nitrogens is 2. The van der Waals surface area contributed by atoms with Crippen LogP contribution in [0, 0.1) is 0 Å². The molecule has 4 N–H and O–H groups in total. The molecular weight excluding hydrogens is 212 g/mol. The standard InChI is InChI=1S/C9H10N4OS/c10-7-8(12-5-13-9(7)14)11-3-6-1-2-15-4-6/h1-2,4-5H,3,10H2,(H2,11,12,13,14). The Kier molecular flexibility index (Phi) is 2.68. The molecule has 0 atom stereocenters. The average Bonchev–Trinajstić information content (AvgIpc) is 2.73. The van der Waals surface area contributed by atoms with Crippen molar-refractivity contribution in [2.75, 3.05) is 11.1 Å². The summed E-state index contributed by atoms with van der Waals surface area (Å²) in [6, 6.07) is 2.00. The number of hydrogen-bond donors (Lipinski definition) is 3. The third-order valence-electron chi connectivity index (χ3n) is 1.93. The van der Waals surface area contributed by atoms with Crippen LogP contribution in [-0.2, 0) is 6.54 Å². The predicted molar refractivity (Wildman–Crippen MR) is 60.9 cm³/mol. The molecule has 0 aromatic carbocycles. The van der Waals surface area contributed by atoms with Gasteiger partial charge in [0, 0.05) is 6.54 Å². The third-order valence-corrected chi connectivity index (χ3v) is 2.66. The molecule has 6 heteroatoms. The molecule has 0 unspecified atom stereocenters. The molecule has 5 nitrogen and oxygen atoms in total. The lowest BCUT2D eigenvalue weighted by atomic mass is 10.3. The fourth-order valence-corrected chi connectivity index (χ4v) is 1.80. The second-order valence-corrected chi connectivity index (χ2v) is 3.76. The van der Waals surface area contributed by atoms with Gasteiger partial charge >= 0.3 is 0 Å². The second-order valence-electron chi connectivity index (χ2n) is 2.98. The Morgan fingerprint density at radius 1 is 1.60 bits per heavy atom. The number of nitrogen functional groups attached to an aromatic ring is 1. The van der Waals surface area contributed by atoms with Gasteiger partial charge in [-0.1, -0.05) is 0 Å². The molecule has 2 rings (SSSR count). The highest BCUT2D eigenvalue weighted by Crippen LogP contribution is 2.11. The fourth-order valence-electron chi connectivity index (χ4n) is 1.13. The maximum absolute atomic E-state index is 11.1. The van der Waals surface area contributed by atoms with Crippen LogP contribution in [0.25, 0.3) is 0 Å². The van der Waals surface area contributed by atoms with E-state index < -0.39 is 0 Å². The third kappa shape index (κ3) is 2.16. The summed E-state index contributed by atoms with van der Waals surface area (Å²) in [5.41, 5.74) is 6.49. The van der Waals surface area contributed by atoms with E-state index in [4.69, 9.17) is 5.73 Å². The molecule has 0 spiro atoms. The van der Waals surface area contributed by atoms with Gasteiger partial charge in [-0.2, -0.15) is 11.3 Å². The Bertz CT molecular complexity index is 491. The summed E-state index contributed by atoms with van der Waals surface area (Å²) in [4.78, 5) is 17.5. The summed E-state index contributed by atoms with van der Waals surface area (Å²) in [6.07, 6.45) is 1.33. The topological polar surface area (TPSA) is 83.8 Å². The molecule has 0 aliphatic carbocycles. The van der Waals surface area contributed by atoms with E-state index in [-0.39, 0.29) is 11.2 Å². The van der Waals surface area contributed by atoms with Crippen molar-refractivity contribution in [3.63, 3.8) is 0 Å². The van der Waals surface area contributed by atoms with Gasteiger partial charge in [0.2, 0.25) is 0 Å². The zero-order valence-electron chi connectivity index (χ0n) is 7.86. The molecule has 2 aromatic heterocycles. The molecule has 78 valence electrons. The van der Waals surface area contributed by atoms with E-state index in [0.717, 1.165) is 5.56 Å². The minimum Gasteiger partial charge on any atom is -0.391 e. The largest absolute Gasteiger partial charge is 0.391 e. The minimum atomic E-state index is -0.321. The molecular formula is C9H10N4OS. The molecule has 0 aliphatic heterocycles. The number of anilines is 2. The second kappa shape index (κ2) is 4.14. The van der Waals surface area contributed by atoms with Crippen molar-refractivity contribution in [2.24, 2.45) is 0 Å². The molecule has 0 saturated carbocycles. The van der Waals surface area contributed by atoms with Gasteiger partial charge in [-0.15, -0.1) is 0 Å². The first-order valence-corrected chi connectivity index (χ1v) is 5.30. The summed E-state index contributed by atoms with van der Waals surface area (Å²) in [6.45, 7) is 0.615. The fraction of sp³-hybridized carbons (Fsp3) is 0.111. The van der Waals surface area contributed by atoms with Gasteiger partial charge in [0.25, 0.3) is 5.56 Å². The summed E-state index contributed by atoms with van der Waals surface area (Å²) in [5.74, 6) is 0.421. The van der Waals surface area contributed by atoms with Gasteiger partial charge in [-0.3, -0.25) is 4.79 Å². The molecule has 2 heterocycles. The maximum atomic E-state index is 11.1. The van der Waals surface area contributed by atoms with Crippen LogP contribution in [0.5, 0.6) is 0 Å². The lowest BCUT2D eigenvalue weighted by molar-refractivity contribution is 1.07. The predicted octanol–water partition coefficient (Wildman–Crippen LogP) is 1.03. The average molecular weight is 222 g/mol. The number of thiophene rings is 1. The van der Waals surface area contributed by atoms with E-state index in [0.29, 0.717) is 12.4 Å². The van der Waals surface area contributed by atoms with Gasteiger partial charge in [0.05, 0.1) is 6.33 Å². The first-order valence-electron chi connectivity index (χ1n) is 4.35. The van der Waals surface area contributed by atoms with Gasteiger partial charge in [-0.25, -0.2) is 4.98 Å². The van der Waals surface area contributed by atoms with E-state index in [1.165, 1.54) is 6.33 Å². The van der Waals surface area contributed by atoms with Crippen LogP contribution in [-0.4, -0.2) is 9.97 Å². The Hall–Kier alpha value is -1.82. The lowest BCUT2D eigenvalue weighted by Gasteiger charge is -2.05. The van der Waals surface area contributed by atoms with Crippen LogP contribution < -0.4 is 16.6 Å². The molecule has 15 heavy (non-hydrogen) atoms. The number of H-pyrrole nitrogens is 1.